The summed E-state index contributed by atoms with van der Waals surface area (Å²) in [5.74, 6) is 0.473. The summed E-state index contributed by atoms with van der Waals surface area (Å²) in [5, 5.41) is 5.20. The van der Waals surface area contributed by atoms with E-state index in [1.165, 1.54) is 31.0 Å². The van der Waals surface area contributed by atoms with Crippen LogP contribution in [0.5, 0.6) is 11.5 Å². The van der Waals surface area contributed by atoms with E-state index in [1.54, 1.807) is 18.2 Å². The van der Waals surface area contributed by atoms with E-state index >= 15 is 0 Å². The third-order valence-electron chi connectivity index (χ3n) is 4.46. The molecule has 0 spiro atoms. The third kappa shape index (κ3) is 5.32. The van der Waals surface area contributed by atoms with Gasteiger partial charge in [0.2, 0.25) is 0 Å². The molecule has 1 aromatic heterocycles. The molecule has 0 bridgehead atoms. The van der Waals surface area contributed by atoms with Crippen LogP contribution < -0.4 is 15.0 Å². The van der Waals surface area contributed by atoms with Crippen LogP contribution in [0.3, 0.4) is 0 Å². The second kappa shape index (κ2) is 10.1. The van der Waals surface area contributed by atoms with E-state index in [0.717, 1.165) is 17.3 Å². The Kier molecular flexibility index (Phi) is 7.46. The van der Waals surface area contributed by atoms with Gasteiger partial charge in [-0.3, -0.25) is 9.59 Å². The molecular formula is C22H21BrClN3O4. The summed E-state index contributed by atoms with van der Waals surface area (Å²) < 4.78 is 12.6. The van der Waals surface area contributed by atoms with Gasteiger partial charge in [-0.25, -0.2) is 4.98 Å². The quantitative estimate of drug-likeness (QED) is 0.257. The van der Waals surface area contributed by atoms with Crippen molar-refractivity contribution in [3.63, 3.8) is 0 Å². The number of aromatic nitrogens is 2. The highest BCUT2D eigenvalue weighted by atomic mass is 79.9. The molecule has 0 aliphatic rings. The Balaban J connectivity index is 2.18. The van der Waals surface area contributed by atoms with Gasteiger partial charge in [0, 0.05) is 34.5 Å². The number of hydrogen-bond donors (Lipinski definition) is 0. The maximum absolute atomic E-state index is 13.2. The Bertz CT molecular complexity index is 1220. The molecule has 0 aliphatic heterocycles. The molecule has 0 unspecified atom stereocenters. The second-order valence-electron chi connectivity index (χ2n) is 6.77. The molecule has 0 saturated heterocycles. The number of rotatable bonds is 7. The average Bonchev–Trinajstić information content (AvgIpc) is 2.73. The van der Waals surface area contributed by atoms with Crippen LogP contribution in [0.25, 0.3) is 10.9 Å². The van der Waals surface area contributed by atoms with Crippen molar-refractivity contribution in [2.24, 2.45) is 5.10 Å². The minimum Gasteiger partial charge on any atom is -0.493 e. The maximum Gasteiger partial charge on any atom is 0.308 e. The molecule has 3 aromatic rings. The number of carbonyl (C=O) groups is 1. The van der Waals surface area contributed by atoms with Crippen molar-refractivity contribution in [2.75, 3.05) is 7.11 Å². The van der Waals surface area contributed by atoms with Gasteiger partial charge in [-0.15, -0.1) is 0 Å². The molecule has 7 nitrogen and oxygen atoms in total. The minimum atomic E-state index is -0.520. The van der Waals surface area contributed by atoms with Crippen molar-refractivity contribution >= 4 is 50.6 Å². The van der Waals surface area contributed by atoms with E-state index in [-0.39, 0.29) is 17.1 Å². The zero-order valence-corrected chi connectivity index (χ0v) is 19.7. The zero-order chi connectivity index (χ0) is 22.5. The van der Waals surface area contributed by atoms with Crippen LogP contribution in [0.4, 0.5) is 0 Å². The number of esters is 1. The number of methoxy groups -OCH3 is 1. The first-order chi connectivity index (χ1) is 14.8. The second-order valence-corrected chi connectivity index (χ2v) is 8.13. The fraction of sp³-hybridized carbons (Fsp3) is 0.273. The molecule has 31 heavy (non-hydrogen) atoms. The van der Waals surface area contributed by atoms with Gasteiger partial charge < -0.3 is 9.47 Å². The Labute approximate surface area is 192 Å². The molecule has 3 rings (SSSR count). The lowest BCUT2D eigenvalue weighted by molar-refractivity contribution is -0.132. The monoisotopic (exact) mass is 505 g/mol. The van der Waals surface area contributed by atoms with Gasteiger partial charge in [0.25, 0.3) is 5.56 Å². The molecule has 0 N–H and O–H groups in total. The topological polar surface area (TPSA) is 82.8 Å². The summed E-state index contributed by atoms with van der Waals surface area (Å²) in [6.07, 6.45) is 3.80. The Morgan fingerprint density at radius 1 is 1.32 bits per heavy atom. The molecule has 9 heteroatoms. The molecule has 162 valence electrons. The van der Waals surface area contributed by atoms with Crippen LogP contribution in [0.1, 0.15) is 38.1 Å². The van der Waals surface area contributed by atoms with Crippen LogP contribution in [-0.2, 0) is 11.2 Å². The largest absolute Gasteiger partial charge is 0.493 e. The van der Waals surface area contributed by atoms with E-state index in [2.05, 4.69) is 32.9 Å². The molecule has 0 radical (unpaired) electrons. The summed E-state index contributed by atoms with van der Waals surface area (Å²) in [6, 6.07) is 8.46. The number of unbranched alkanes of at least 4 members (excludes halogenated alkanes) is 1. The number of fused-ring (bicyclic) bond motifs is 1. The van der Waals surface area contributed by atoms with Gasteiger partial charge in [-0.1, -0.05) is 40.9 Å². The summed E-state index contributed by atoms with van der Waals surface area (Å²) in [4.78, 5) is 29.4. The van der Waals surface area contributed by atoms with Crippen molar-refractivity contribution in [1.82, 2.24) is 9.66 Å². The summed E-state index contributed by atoms with van der Waals surface area (Å²) in [6.45, 7) is 3.35. The van der Waals surface area contributed by atoms with Crippen molar-refractivity contribution < 1.29 is 14.3 Å². The standard InChI is InChI=1S/C22H21BrClN3O4/c1-4-5-6-20-26-18-8-7-15(23)10-17(18)22(29)27(20)25-12-14-9-16(24)11-19(30-3)21(14)31-13(2)28/h7-12H,4-6H2,1-3H3. The normalized spacial score (nSPS) is 11.3. The van der Waals surface area contributed by atoms with Crippen molar-refractivity contribution in [3.05, 3.63) is 61.6 Å². The molecule has 1 heterocycles. The van der Waals surface area contributed by atoms with Crippen LogP contribution in [0.15, 0.2) is 44.7 Å². The number of carbonyl (C=O) groups excluding carboxylic acids is 1. The van der Waals surface area contributed by atoms with Crippen molar-refractivity contribution in [1.29, 1.82) is 0 Å². The zero-order valence-electron chi connectivity index (χ0n) is 17.3. The molecule has 0 fully saturated rings. The number of benzene rings is 2. The van der Waals surface area contributed by atoms with Gasteiger partial charge in [-0.05, 0) is 30.7 Å². The average molecular weight is 507 g/mol. The lowest BCUT2D eigenvalue weighted by atomic mass is 10.2. The number of ether oxygens (including phenoxy) is 2. The van der Waals surface area contributed by atoms with Gasteiger partial charge in [0.1, 0.15) is 5.82 Å². The fourth-order valence-electron chi connectivity index (χ4n) is 3.02. The van der Waals surface area contributed by atoms with Gasteiger partial charge >= 0.3 is 5.97 Å². The maximum atomic E-state index is 13.2. The van der Waals surface area contributed by atoms with Crippen molar-refractivity contribution in [3.8, 4) is 11.5 Å². The Morgan fingerprint density at radius 3 is 2.77 bits per heavy atom. The van der Waals surface area contributed by atoms with Gasteiger partial charge in [0.15, 0.2) is 11.5 Å². The molecule has 0 saturated carbocycles. The molecular weight excluding hydrogens is 486 g/mol. The molecule has 2 aromatic carbocycles. The fourth-order valence-corrected chi connectivity index (χ4v) is 3.60. The lowest BCUT2D eigenvalue weighted by Gasteiger charge is -2.12. The van der Waals surface area contributed by atoms with Crippen LogP contribution in [0, 0.1) is 0 Å². The third-order valence-corrected chi connectivity index (χ3v) is 5.17. The predicted octanol–water partition coefficient (Wildman–Crippen LogP) is 4.97. The molecule has 0 amide bonds. The van der Waals surface area contributed by atoms with E-state index in [4.69, 9.17) is 21.1 Å². The Morgan fingerprint density at radius 2 is 2.10 bits per heavy atom. The Hall–Kier alpha value is -2.71. The number of halogens is 2. The SMILES string of the molecule is CCCCc1nc2ccc(Br)cc2c(=O)n1N=Cc1cc(Cl)cc(OC)c1OC(C)=O. The van der Waals surface area contributed by atoms with Crippen LogP contribution >= 0.6 is 27.5 Å². The smallest absolute Gasteiger partial charge is 0.308 e. The molecule has 0 aliphatic carbocycles. The van der Waals surface area contributed by atoms with Crippen LogP contribution in [0.2, 0.25) is 5.02 Å². The number of nitrogens with zero attached hydrogens (tertiary/aromatic N) is 3. The highest BCUT2D eigenvalue weighted by Crippen LogP contribution is 2.34. The minimum absolute atomic E-state index is 0.169. The van der Waals surface area contributed by atoms with Crippen LogP contribution in [-0.4, -0.2) is 29.0 Å². The lowest BCUT2D eigenvalue weighted by Crippen LogP contribution is -2.22. The van der Waals surface area contributed by atoms with E-state index < -0.39 is 5.97 Å². The van der Waals surface area contributed by atoms with Gasteiger partial charge in [-0.2, -0.15) is 9.78 Å². The van der Waals surface area contributed by atoms with E-state index in [1.807, 2.05) is 6.07 Å². The first kappa shape index (κ1) is 23.0. The highest BCUT2D eigenvalue weighted by Gasteiger charge is 2.15. The summed E-state index contributed by atoms with van der Waals surface area (Å²) in [5.41, 5.74) is 0.703. The predicted molar refractivity (Wildman–Crippen MR) is 125 cm³/mol. The highest BCUT2D eigenvalue weighted by molar-refractivity contribution is 9.10. The van der Waals surface area contributed by atoms with E-state index in [9.17, 15) is 9.59 Å². The first-order valence-corrected chi connectivity index (χ1v) is 10.8. The van der Waals surface area contributed by atoms with E-state index in [0.29, 0.717) is 33.7 Å². The van der Waals surface area contributed by atoms with Gasteiger partial charge in [0.05, 0.1) is 24.2 Å². The first-order valence-electron chi connectivity index (χ1n) is 9.65. The number of hydrogen-bond acceptors (Lipinski definition) is 6. The summed E-state index contributed by atoms with van der Waals surface area (Å²) in [7, 11) is 1.44. The van der Waals surface area contributed by atoms with Crippen molar-refractivity contribution in [2.45, 2.75) is 33.1 Å². The summed E-state index contributed by atoms with van der Waals surface area (Å²) >= 11 is 9.57. The number of aryl methyl sites for hydroxylation is 1. The molecule has 0 atom stereocenters.